The third kappa shape index (κ3) is 6.47. The Morgan fingerprint density at radius 1 is 1.24 bits per heavy atom. The van der Waals surface area contributed by atoms with E-state index in [1.165, 1.54) is 11.1 Å². The van der Waals surface area contributed by atoms with Gasteiger partial charge in [0.15, 0.2) is 0 Å². The van der Waals surface area contributed by atoms with Crippen LogP contribution in [0.4, 0.5) is 0 Å². The number of hydrogen-bond donors (Lipinski definition) is 1. The average Bonchev–Trinajstić information content (AvgIpc) is 2.34. The topological polar surface area (TPSA) is 29.1 Å². The number of nitrogens with one attached hydrogen (secondary N) is 1. The normalized spacial score (nSPS) is 10.2. The van der Waals surface area contributed by atoms with Crippen molar-refractivity contribution in [3.8, 4) is 0 Å². The molecule has 0 heterocycles. The Bertz CT molecular complexity index is 335. The van der Waals surface area contributed by atoms with Crippen LogP contribution < -0.4 is 5.32 Å². The van der Waals surface area contributed by atoms with Crippen LogP contribution in [0.1, 0.15) is 30.4 Å². The third-order valence-electron chi connectivity index (χ3n) is 2.64. The van der Waals surface area contributed by atoms with E-state index in [1.54, 1.807) is 0 Å². The molecule has 0 aliphatic heterocycles. The van der Waals surface area contributed by atoms with Gasteiger partial charge in [0, 0.05) is 18.3 Å². The number of halogens is 1. The maximum absolute atomic E-state index is 11.5. The molecule has 0 spiro atoms. The first-order chi connectivity index (χ1) is 8.22. The van der Waals surface area contributed by atoms with Gasteiger partial charge in [-0.05, 0) is 31.7 Å². The Labute approximate surface area is 112 Å². The highest BCUT2D eigenvalue weighted by atomic mass is 79.9. The Hall–Kier alpha value is -0.830. The number of unbranched alkanes of at least 4 members (excludes halogenated alkanes) is 1. The predicted octanol–water partition coefficient (Wildman–Crippen LogP) is 3.22. The molecule has 0 aliphatic carbocycles. The summed E-state index contributed by atoms with van der Waals surface area (Å²) in [4.78, 5) is 11.5. The van der Waals surface area contributed by atoms with E-state index in [-0.39, 0.29) is 5.91 Å². The van der Waals surface area contributed by atoms with Gasteiger partial charge in [0.05, 0.1) is 0 Å². The Morgan fingerprint density at radius 3 is 2.59 bits per heavy atom. The van der Waals surface area contributed by atoms with Crippen molar-refractivity contribution in [2.45, 2.75) is 32.6 Å². The Kier molecular flexibility index (Phi) is 6.94. The summed E-state index contributed by atoms with van der Waals surface area (Å²) in [6.07, 6.45) is 3.56. The van der Waals surface area contributed by atoms with Crippen molar-refractivity contribution >= 4 is 21.8 Å². The number of hydrogen-bond acceptors (Lipinski definition) is 1. The lowest BCUT2D eigenvalue weighted by Gasteiger charge is -2.05. The van der Waals surface area contributed by atoms with E-state index in [0.717, 1.165) is 31.1 Å². The summed E-state index contributed by atoms with van der Waals surface area (Å²) >= 11 is 3.37. The number of amides is 1. The van der Waals surface area contributed by atoms with Crippen molar-refractivity contribution in [1.29, 1.82) is 0 Å². The zero-order chi connectivity index (χ0) is 12.5. The maximum Gasteiger partial charge on any atom is 0.220 e. The molecular formula is C14H20BrNO. The molecule has 2 nitrogen and oxygen atoms in total. The molecule has 0 unspecified atom stereocenters. The maximum atomic E-state index is 11.5. The minimum atomic E-state index is 0.153. The molecule has 1 aromatic rings. The average molecular weight is 298 g/mol. The molecule has 0 bridgehead atoms. The smallest absolute Gasteiger partial charge is 0.220 e. The zero-order valence-electron chi connectivity index (χ0n) is 10.3. The molecule has 3 heteroatoms. The summed E-state index contributed by atoms with van der Waals surface area (Å²) in [5.74, 6) is 0.153. The summed E-state index contributed by atoms with van der Waals surface area (Å²) in [6.45, 7) is 2.86. The summed E-state index contributed by atoms with van der Waals surface area (Å²) < 4.78 is 0. The first-order valence-corrected chi connectivity index (χ1v) is 7.22. The third-order valence-corrected chi connectivity index (χ3v) is 3.20. The van der Waals surface area contributed by atoms with Gasteiger partial charge in [-0.1, -0.05) is 45.8 Å². The highest BCUT2D eigenvalue weighted by Gasteiger charge is 2.01. The fourth-order valence-electron chi connectivity index (χ4n) is 1.55. The monoisotopic (exact) mass is 297 g/mol. The fraction of sp³-hybridized carbons (Fsp3) is 0.500. The van der Waals surface area contributed by atoms with E-state index in [1.807, 2.05) is 0 Å². The Balaban J connectivity index is 2.17. The molecule has 0 radical (unpaired) electrons. The molecule has 17 heavy (non-hydrogen) atoms. The molecule has 0 saturated heterocycles. The van der Waals surface area contributed by atoms with Crippen LogP contribution in [0.25, 0.3) is 0 Å². The number of carbonyl (C=O) groups is 1. The van der Waals surface area contributed by atoms with E-state index < -0.39 is 0 Å². The van der Waals surface area contributed by atoms with Crippen LogP contribution in [-0.4, -0.2) is 17.8 Å². The van der Waals surface area contributed by atoms with Crippen LogP contribution in [-0.2, 0) is 11.2 Å². The SMILES string of the molecule is Cc1ccc(CCC(=O)NCCCCBr)cc1. The molecule has 0 aliphatic rings. The molecule has 1 aromatic carbocycles. The number of aryl methyl sites for hydroxylation is 2. The van der Waals surface area contributed by atoms with Crippen molar-refractivity contribution < 1.29 is 4.79 Å². The van der Waals surface area contributed by atoms with Crippen molar-refractivity contribution in [1.82, 2.24) is 5.32 Å². The van der Waals surface area contributed by atoms with Crippen molar-refractivity contribution in [3.05, 3.63) is 35.4 Å². The molecule has 1 N–H and O–H groups in total. The van der Waals surface area contributed by atoms with Crippen LogP contribution in [0.2, 0.25) is 0 Å². The fourth-order valence-corrected chi connectivity index (χ4v) is 1.94. The molecule has 0 aromatic heterocycles. The number of carbonyl (C=O) groups excluding carboxylic acids is 1. The molecule has 1 amide bonds. The van der Waals surface area contributed by atoms with Crippen molar-refractivity contribution in [2.24, 2.45) is 0 Å². The zero-order valence-corrected chi connectivity index (χ0v) is 11.9. The minimum absolute atomic E-state index is 0.153. The Morgan fingerprint density at radius 2 is 1.94 bits per heavy atom. The van der Waals surface area contributed by atoms with Crippen molar-refractivity contribution in [2.75, 3.05) is 11.9 Å². The van der Waals surface area contributed by atoms with Gasteiger partial charge < -0.3 is 5.32 Å². The lowest BCUT2D eigenvalue weighted by Crippen LogP contribution is -2.24. The van der Waals surface area contributed by atoms with Gasteiger partial charge in [-0.2, -0.15) is 0 Å². The van der Waals surface area contributed by atoms with Crippen LogP contribution in [0, 0.1) is 6.92 Å². The number of alkyl halides is 1. The summed E-state index contributed by atoms with van der Waals surface area (Å²) in [7, 11) is 0. The van der Waals surface area contributed by atoms with Crippen LogP contribution in [0.3, 0.4) is 0 Å². The standard InChI is InChI=1S/C14H20BrNO/c1-12-4-6-13(7-5-12)8-9-14(17)16-11-3-2-10-15/h4-7H,2-3,8-11H2,1H3,(H,16,17). The van der Waals surface area contributed by atoms with Gasteiger partial charge in [0.2, 0.25) is 5.91 Å². The molecular weight excluding hydrogens is 278 g/mol. The quantitative estimate of drug-likeness (QED) is 0.608. The molecule has 0 fully saturated rings. The van der Waals surface area contributed by atoms with Gasteiger partial charge in [0.1, 0.15) is 0 Å². The van der Waals surface area contributed by atoms with Gasteiger partial charge in [0.25, 0.3) is 0 Å². The van der Waals surface area contributed by atoms with Gasteiger partial charge in [-0.15, -0.1) is 0 Å². The van der Waals surface area contributed by atoms with Gasteiger partial charge in [-0.3, -0.25) is 4.79 Å². The van der Waals surface area contributed by atoms with Gasteiger partial charge in [-0.25, -0.2) is 0 Å². The number of rotatable bonds is 7. The first-order valence-electron chi connectivity index (χ1n) is 6.10. The van der Waals surface area contributed by atoms with E-state index in [4.69, 9.17) is 0 Å². The van der Waals surface area contributed by atoms with Crippen LogP contribution in [0.5, 0.6) is 0 Å². The highest BCUT2D eigenvalue weighted by molar-refractivity contribution is 9.09. The predicted molar refractivity (Wildman–Crippen MR) is 75.5 cm³/mol. The largest absolute Gasteiger partial charge is 0.356 e. The summed E-state index contributed by atoms with van der Waals surface area (Å²) in [5, 5.41) is 3.95. The second-order valence-corrected chi connectivity index (χ2v) is 5.02. The number of benzene rings is 1. The second-order valence-electron chi connectivity index (χ2n) is 4.23. The summed E-state index contributed by atoms with van der Waals surface area (Å²) in [5.41, 5.74) is 2.49. The molecule has 1 rings (SSSR count). The van der Waals surface area contributed by atoms with Gasteiger partial charge >= 0.3 is 0 Å². The highest BCUT2D eigenvalue weighted by Crippen LogP contribution is 2.05. The van der Waals surface area contributed by atoms with E-state index >= 15 is 0 Å². The molecule has 0 atom stereocenters. The van der Waals surface area contributed by atoms with E-state index in [2.05, 4.69) is 52.4 Å². The van der Waals surface area contributed by atoms with Crippen LogP contribution >= 0.6 is 15.9 Å². The second kappa shape index (κ2) is 8.29. The molecule has 0 saturated carbocycles. The van der Waals surface area contributed by atoms with E-state index in [0.29, 0.717) is 6.42 Å². The minimum Gasteiger partial charge on any atom is -0.356 e. The first kappa shape index (κ1) is 14.2. The van der Waals surface area contributed by atoms with Crippen molar-refractivity contribution in [3.63, 3.8) is 0 Å². The molecule has 94 valence electrons. The lowest BCUT2D eigenvalue weighted by atomic mass is 10.1. The lowest BCUT2D eigenvalue weighted by molar-refractivity contribution is -0.121. The summed E-state index contributed by atoms with van der Waals surface area (Å²) in [6, 6.07) is 8.35. The van der Waals surface area contributed by atoms with Crippen LogP contribution in [0.15, 0.2) is 24.3 Å². The van der Waals surface area contributed by atoms with E-state index in [9.17, 15) is 4.79 Å².